The van der Waals surface area contributed by atoms with Crippen LogP contribution in [0.25, 0.3) is 0 Å². The molecular formula is C17H23N5O3. The fraction of sp³-hybridized carbons (Fsp3) is 0.529. The number of rotatable bonds is 4. The fourth-order valence-electron chi connectivity index (χ4n) is 3.10. The van der Waals surface area contributed by atoms with Crippen LogP contribution in [0.1, 0.15) is 46.8 Å². The molecule has 0 saturated carbocycles. The molecule has 2 aromatic heterocycles. The van der Waals surface area contributed by atoms with E-state index >= 15 is 0 Å². The molecule has 2 amide bonds. The highest BCUT2D eigenvalue weighted by atomic mass is 16.5. The molecule has 25 heavy (non-hydrogen) atoms. The minimum Gasteiger partial charge on any atom is -0.361 e. The van der Waals surface area contributed by atoms with E-state index in [1.54, 1.807) is 24.1 Å². The Hall–Kier alpha value is -2.64. The summed E-state index contributed by atoms with van der Waals surface area (Å²) in [6, 6.07) is -0.0268. The second-order valence-corrected chi connectivity index (χ2v) is 6.51. The van der Waals surface area contributed by atoms with Crippen LogP contribution in [0.5, 0.6) is 0 Å². The summed E-state index contributed by atoms with van der Waals surface area (Å²) in [5.41, 5.74) is 2.30. The van der Waals surface area contributed by atoms with Crippen LogP contribution in [0.4, 0.5) is 0 Å². The van der Waals surface area contributed by atoms with Crippen molar-refractivity contribution in [3.63, 3.8) is 0 Å². The molecule has 1 N–H and O–H groups in total. The highest BCUT2D eigenvalue weighted by molar-refractivity contribution is 5.92. The third-order valence-electron chi connectivity index (χ3n) is 4.72. The minimum atomic E-state index is -0.156. The van der Waals surface area contributed by atoms with Gasteiger partial charge in [-0.25, -0.2) is 4.98 Å². The second-order valence-electron chi connectivity index (χ2n) is 6.51. The lowest BCUT2D eigenvalue weighted by Crippen LogP contribution is -2.36. The van der Waals surface area contributed by atoms with Gasteiger partial charge in [-0.2, -0.15) is 0 Å². The van der Waals surface area contributed by atoms with Gasteiger partial charge in [-0.15, -0.1) is 0 Å². The summed E-state index contributed by atoms with van der Waals surface area (Å²) in [5, 5.41) is 6.96. The Morgan fingerprint density at radius 2 is 2.20 bits per heavy atom. The number of aromatic nitrogens is 3. The highest BCUT2D eigenvalue weighted by Gasteiger charge is 2.26. The summed E-state index contributed by atoms with van der Waals surface area (Å²) < 4.78 is 6.86. The van der Waals surface area contributed by atoms with Gasteiger partial charge in [-0.1, -0.05) is 5.16 Å². The van der Waals surface area contributed by atoms with E-state index in [9.17, 15) is 9.59 Å². The smallest absolute Gasteiger partial charge is 0.269 e. The van der Waals surface area contributed by atoms with Crippen molar-refractivity contribution < 1.29 is 14.1 Å². The lowest BCUT2D eigenvalue weighted by molar-refractivity contribution is -0.131. The first-order valence-corrected chi connectivity index (χ1v) is 8.42. The molecule has 8 heteroatoms. The molecular weight excluding hydrogens is 322 g/mol. The van der Waals surface area contributed by atoms with Crippen LogP contribution in [0.3, 0.4) is 0 Å². The number of carbonyl (C=O) groups is 2. The van der Waals surface area contributed by atoms with Gasteiger partial charge in [0.05, 0.1) is 24.8 Å². The summed E-state index contributed by atoms with van der Waals surface area (Å²) in [6.07, 6.45) is 4.91. The zero-order chi connectivity index (χ0) is 18.0. The molecule has 134 valence electrons. The lowest BCUT2D eigenvalue weighted by atomic mass is 10.1. The first-order chi connectivity index (χ1) is 12.0. The molecule has 0 bridgehead atoms. The number of nitrogens with zero attached hydrogens (tertiary/aromatic N) is 4. The molecule has 0 spiro atoms. The van der Waals surface area contributed by atoms with Gasteiger partial charge in [0.15, 0.2) is 0 Å². The molecule has 1 atom stereocenters. The molecule has 3 heterocycles. The quantitative estimate of drug-likeness (QED) is 0.902. The van der Waals surface area contributed by atoms with Crippen LogP contribution in [0, 0.1) is 13.8 Å². The summed E-state index contributed by atoms with van der Waals surface area (Å²) in [4.78, 5) is 30.5. The van der Waals surface area contributed by atoms with Crippen molar-refractivity contribution in [2.75, 3.05) is 6.54 Å². The van der Waals surface area contributed by atoms with Crippen molar-refractivity contribution in [1.82, 2.24) is 24.9 Å². The van der Waals surface area contributed by atoms with Gasteiger partial charge in [-0.3, -0.25) is 9.59 Å². The average Bonchev–Trinajstić information content (AvgIpc) is 3.09. The van der Waals surface area contributed by atoms with Crippen LogP contribution in [0.2, 0.25) is 0 Å². The Bertz CT molecular complexity index is 760. The minimum absolute atomic E-state index is 0.0268. The Morgan fingerprint density at radius 3 is 2.84 bits per heavy atom. The lowest BCUT2D eigenvalue weighted by Gasteiger charge is -2.21. The fourth-order valence-corrected chi connectivity index (χ4v) is 3.10. The molecule has 8 nitrogen and oxygen atoms in total. The molecule has 1 aliphatic rings. The number of aryl methyl sites for hydroxylation is 3. The standard InChI is InChI=1S/C17H23N5O3/c1-11-14(12(2)25-20-11)9-22-7-6-13(4-5-16(22)23)19-17(24)15-8-18-10-21(15)3/h8,10,13H,4-7,9H2,1-3H3,(H,19,24). The molecule has 0 radical (unpaired) electrons. The Kier molecular flexibility index (Phi) is 4.87. The van der Waals surface area contributed by atoms with Gasteiger partial charge >= 0.3 is 0 Å². The SMILES string of the molecule is Cc1noc(C)c1CN1CCC(NC(=O)c2cncn2C)CCC1=O. The number of carbonyl (C=O) groups excluding carboxylic acids is 2. The van der Waals surface area contributed by atoms with E-state index in [4.69, 9.17) is 4.52 Å². The van der Waals surface area contributed by atoms with Crippen molar-refractivity contribution in [3.8, 4) is 0 Å². The molecule has 1 fully saturated rings. The molecule has 0 aromatic carbocycles. The van der Waals surface area contributed by atoms with Crippen LogP contribution in [0.15, 0.2) is 17.0 Å². The number of amides is 2. The maximum absolute atomic E-state index is 12.4. The van der Waals surface area contributed by atoms with Crippen molar-refractivity contribution in [2.24, 2.45) is 7.05 Å². The second kappa shape index (κ2) is 7.08. The molecule has 1 aliphatic heterocycles. The summed E-state index contributed by atoms with van der Waals surface area (Å²) in [5.74, 6) is 0.685. The number of hydrogen-bond acceptors (Lipinski definition) is 5. The topological polar surface area (TPSA) is 93.3 Å². The van der Waals surface area contributed by atoms with Crippen LogP contribution in [-0.4, -0.2) is 44.0 Å². The number of imidazole rings is 1. The zero-order valence-corrected chi connectivity index (χ0v) is 14.8. The largest absolute Gasteiger partial charge is 0.361 e. The van der Waals surface area contributed by atoms with Gasteiger partial charge in [-0.05, 0) is 26.7 Å². The first kappa shape index (κ1) is 17.2. The Balaban J connectivity index is 1.62. The van der Waals surface area contributed by atoms with Gasteiger partial charge in [0.2, 0.25) is 5.91 Å². The molecule has 3 rings (SSSR count). The normalized spacial score (nSPS) is 18.3. The third-order valence-corrected chi connectivity index (χ3v) is 4.72. The predicted molar refractivity (Wildman–Crippen MR) is 89.7 cm³/mol. The highest BCUT2D eigenvalue weighted by Crippen LogP contribution is 2.19. The van der Waals surface area contributed by atoms with E-state index in [2.05, 4.69) is 15.5 Å². The van der Waals surface area contributed by atoms with Crippen LogP contribution in [-0.2, 0) is 18.4 Å². The maximum Gasteiger partial charge on any atom is 0.269 e. The van der Waals surface area contributed by atoms with E-state index < -0.39 is 0 Å². The van der Waals surface area contributed by atoms with Gasteiger partial charge in [0.1, 0.15) is 11.5 Å². The summed E-state index contributed by atoms with van der Waals surface area (Å²) in [6.45, 7) is 4.83. The van der Waals surface area contributed by atoms with Gasteiger partial charge in [0.25, 0.3) is 5.91 Å². The van der Waals surface area contributed by atoms with Crippen molar-refractivity contribution >= 4 is 11.8 Å². The van der Waals surface area contributed by atoms with Crippen LogP contribution >= 0.6 is 0 Å². The number of likely N-dealkylation sites (tertiary alicyclic amines) is 1. The number of hydrogen-bond donors (Lipinski definition) is 1. The van der Waals surface area contributed by atoms with Crippen molar-refractivity contribution in [2.45, 2.75) is 45.7 Å². The van der Waals surface area contributed by atoms with Gasteiger partial charge < -0.3 is 19.3 Å². The summed E-state index contributed by atoms with van der Waals surface area (Å²) >= 11 is 0. The number of nitrogens with one attached hydrogen (secondary N) is 1. The average molecular weight is 345 g/mol. The Morgan fingerprint density at radius 1 is 1.40 bits per heavy atom. The molecule has 1 unspecified atom stereocenters. The van der Waals surface area contributed by atoms with E-state index in [0.29, 0.717) is 31.6 Å². The molecule has 1 saturated heterocycles. The van der Waals surface area contributed by atoms with E-state index in [1.165, 1.54) is 0 Å². The third kappa shape index (κ3) is 3.72. The van der Waals surface area contributed by atoms with Crippen molar-refractivity contribution in [3.05, 3.63) is 35.2 Å². The Labute approximate surface area is 146 Å². The maximum atomic E-state index is 12.4. The monoisotopic (exact) mass is 345 g/mol. The molecule has 2 aromatic rings. The summed E-state index contributed by atoms with van der Waals surface area (Å²) in [7, 11) is 1.78. The zero-order valence-electron chi connectivity index (χ0n) is 14.8. The van der Waals surface area contributed by atoms with E-state index in [1.807, 2.05) is 18.7 Å². The molecule has 0 aliphatic carbocycles. The first-order valence-electron chi connectivity index (χ1n) is 8.42. The van der Waals surface area contributed by atoms with E-state index in [-0.39, 0.29) is 17.9 Å². The van der Waals surface area contributed by atoms with Crippen LogP contribution < -0.4 is 5.32 Å². The van der Waals surface area contributed by atoms with Gasteiger partial charge in [0, 0.05) is 31.6 Å². The van der Waals surface area contributed by atoms with E-state index in [0.717, 1.165) is 23.4 Å². The predicted octanol–water partition coefficient (Wildman–Crippen LogP) is 1.34. The van der Waals surface area contributed by atoms with Crippen molar-refractivity contribution in [1.29, 1.82) is 0 Å².